The average Bonchev–Trinajstić information content (AvgIpc) is 3.40. The lowest BCUT2D eigenvalue weighted by Crippen LogP contribution is -2.31. The zero-order chi connectivity index (χ0) is 23.4. The van der Waals surface area contributed by atoms with Gasteiger partial charge < -0.3 is 20.3 Å². The van der Waals surface area contributed by atoms with Gasteiger partial charge in [-0.15, -0.1) is 0 Å². The minimum atomic E-state index is -1.61. The van der Waals surface area contributed by atoms with Gasteiger partial charge in [0.05, 0.1) is 0 Å². The molecule has 0 saturated carbocycles. The van der Waals surface area contributed by atoms with Crippen LogP contribution in [0.1, 0.15) is 34.0 Å². The summed E-state index contributed by atoms with van der Waals surface area (Å²) >= 11 is 0. The van der Waals surface area contributed by atoms with E-state index in [9.17, 15) is 19.5 Å². The van der Waals surface area contributed by atoms with Gasteiger partial charge in [-0.25, -0.2) is 14.2 Å². The van der Waals surface area contributed by atoms with E-state index < -0.39 is 24.1 Å². The molecule has 0 fully saturated rings. The van der Waals surface area contributed by atoms with Gasteiger partial charge in [0.25, 0.3) is 5.91 Å². The number of benzene rings is 2. The molecule has 2 amide bonds. The van der Waals surface area contributed by atoms with E-state index in [4.69, 9.17) is 9.84 Å². The molecule has 0 unspecified atom stereocenters. The Morgan fingerprint density at radius 3 is 2.30 bits per heavy atom. The molecule has 170 valence electrons. The summed E-state index contributed by atoms with van der Waals surface area (Å²) < 4.78 is 9.93. The second-order valence-corrected chi connectivity index (χ2v) is 7.31. The maximum Gasteiger partial charge on any atom is 0.412 e. The molecule has 4 N–H and O–H groups in total. The van der Waals surface area contributed by atoms with Crippen molar-refractivity contribution in [2.75, 3.05) is 18.5 Å². The van der Waals surface area contributed by atoms with Crippen LogP contribution in [0.5, 0.6) is 0 Å². The Labute approximate surface area is 187 Å². The largest absolute Gasteiger partial charge is 0.479 e. The van der Waals surface area contributed by atoms with Crippen LogP contribution in [0.4, 0.5) is 10.6 Å². The number of hydrogen-bond donors (Lipinski definition) is 4. The molecule has 11 heteroatoms. The highest BCUT2D eigenvalue weighted by Crippen LogP contribution is 2.44. The number of hydrogen-bond acceptors (Lipinski definition) is 8. The molecule has 0 saturated heterocycles. The van der Waals surface area contributed by atoms with Crippen molar-refractivity contribution in [1.82, 2.24) is 15.6 Å². The number of aliphatic carboxylic acids is 1. The fourth-order valence-electron chi connectivity index (χ4n) is 3.68. The Bertz CT molecular complexity index is 1150. The normalized spacial score (nSPS) is 13.0. The second kappa shape index (κ2) is 9.49. The van der Waals surface area contributed by atoms with E-state index in [2.05, 4.69) is 25.6 Å². The Hall–Kier alpha value is -4.25. The van der Waals surface area contributed by atoms with Crippen LogP contribution in [0.3, 0.4) is 0 Å². The highest BCUT2D eigenvalue weighted by Gasteiger charge is 2.29. The first kappa shape index (κ1) is 22.0. The molecule has 3 aromatic rings. The summed E-state index contributed by atoms with van der Waals surface area (Å²) in [5.74, 6) is -2.54. The van der Waals surface area contributed by atoms with Crippen molar-refractivity contribution in [3.05, 3.63) is 65.4 Å². The van der Waals surface area contributed by atoms with Gasteiger partial charge >= 0.3 is 12.1 Å². The molecule has 1 aromatic heterocycles. The molecule has 1 aliphatic carbocycles. The topological polar surface area (TPSA) is 164 Å². The average molecular weight is 452 g/mol. The van der Waals surface area contributed by atoms with E-state index in [0.29, 0.717) is 0 Å². The lowest BCUT2D eigenvalue weighted by molar-refractivity contribution is -0.146. The molecule has 0 radical (unpaired) electrons. The number of aliphatic hydroxyl groups is 1. The van der Waals surface area contributed by atoms with Gasteiger partial charge in [-0.1, -0.05) is 48.5 Å². The highest BCUT2D eigenvalue weighted by molar-refractivity contribution is 5.99. The van der Waals surface area contributed by atoms with Crippen LogP contribution in [-0.4, -0.2) is 57.8 Å². The molecular formula is C22H20N4O7. The minimum Gasteiger partial charge on any atom is -0.479 e. The first-order chi connectivity index (χ1) is 16.0. The number of amides is 2. The number of aromatic nitrogens is 2. The van der Waals surface area contributed by atoms with Gasteiger partial charge in [-0.2, -0.15) is 0 Å². The van der Waals surface area contributed by atoms with Crippen molar-refractivity contribution in [2.45, 2.75) is 18.4 Å². The molecule has 0 spiro atoms. The summed E-state index contributed by atoms with van der Waals surface area (Å²) in [4.78, 5) is 35.2. The fraction of sp³-hybridized carbons (Fsp3) is 0.227. The predicted molar refractivity (Wildman–Crippen MR) is 114 cm³/mol. The van der Waals surface area contributed by atoms with Gasteiger partial charge in [-0.05, 0) is 32.6 Å². The van der Waals surface area contributed by atoms with E-state index in [1.54, 1.807) is 0 Å². The Morgan fingerprint density at radius 2 is 1.67 bits per heavy atom. The molecule has 33 heavy (non-hydrogen) atoms. The van der Waals surface area contributed by atoms with Crippen LogP contribution in [0.15, 0.2) is 53.2 Å². The summed E-state index contributed by atoms with van der Waals surface area (Å²) in [7, 11) is 0. The molecule has 1 atom stereocenters. The van der Waals surface area contributed by atoms with Crippen molar-refractivity contribution < 1.29 is 34.0 Å². The number of nitrogens with one attached hydrogen (secondary N) is 2. The third-order valence-corrected chi connectivity index (χ3v) is 5.26. The van der Waals surface area contributed by atoms with Crippen LogP contribution in [0, 0.1) is 0 Å². The van der Waals surface area contributed by atoms with E-state index in [1.807, 2.05) is 48.5 Å². The number of rotatable bonds is 8. The summed E-state index contributed by atoms with van der Waals surface area (Å²) in [6, 6.07) is 15.8. The zero-order valence-corrected chi connectivity index (χ0v) is 17.2. The van der Waals surface area contributed by atoms with Gasteiger partial charge in [0.15, 0.2) is 6.10 Å². The fourth-order valence-corrected chi connectivity index (χ4v) is 3.68. The SMILES string of the molecule is O=C(Nc1nonc1C(=O)NCC[C@H](O)C(=O)O)OCC1c2ccccc2-c2ccccc21. The van der Waals surface area contributed by atoms with Crippen LogP contribution < -0.4 is 10.6 Å². The molecule has 0 aliphatic heterocycles. The number of carboxylic acid groups (broad SMARTS) is 1. The summed E-state index contributed by atoms with van der Waals surface area (Å²) in [5.41, 5.74) is 3.98. The summed E-state index contributed by atoms with van der Waals surface area (Å²) in [5, 5.41) is 29.5. The maximum absolute atomic E-state index is 12.4. The van der Waals surface area contributed by atoms with Gasteiger partial charge in [0.2, 0.25) is 11.5 Å². The summed E-state index contributed by atoms with van der Waals surface area (Å²) in [6.45, 7) is -0.0662. The van der Waals surface area contributed by atoms with Crippen molar-refractivity contribution in [3.63, 3.8) is 0 Å². The smallest absolute Gasteiger partial charge is 0.412 e. The van der Waals surface area contributed by atoms with Crippen LogP contribution >= 0.6 is 0 Å². The second-order valence-electron chi connectivity index (χ2n) is 7.31. The number of ether oxygens (including phenoxy) is 1. The minimum absolute atomic E-state index is 0.0692. The van der Waals surface area contributed by atoms with Crippen LogP contribution in [0.2, 0.25) is 0 Å². The van der Waals surface area contributed by atoms with Crippen LogP contribution in [0.25, 0.3) is 11.1 Å². The number of carbonyl (C=O) groups excluding carboxylic acids is 2. The lowest BCUT2D eigenvalue weighted by atomic mass is 9.98. The lowest BCUT2D eigenvalue weighted by Gasteiger charge is -2.14. The van der Waals surface area contributed by atoms with Gasteiger partial charge in [0.1, 0.15) is 6.61 Å². The third-order valence-electron chi connectivity index (χ3n) is 5.26. The van der Waals surface area contributed by atoms with E-state index >= 15 is 0 Å². The zero-order valence-electron chi connectivity index (χ0n) is 17.2. The Morgan fingerprint density at radius 1 is 1.03 bits per heavy atom. The van der Waals surface area contributed by atoms with Gasteiger partial charge in [-0.3, -0.25) is 10.1 Å². The summed E-state index contributed by atoms with van der Waals surface area (Å²) in [6.07, 6.45) is -2.66. The molecule has 1 aliphatic rings. The number of carbonyl (C=O) groups is 3. The predicted octanol–water partition coefficient (Wildman–Crippen LogP) is 2.00. The highest BCUT2D eigenvalue weighted by atomic mass is 16.6. The first-order valence-electron chi connectivity index (χ1n) is 10.1. The van der Waals surface area contributed by atoms with Crippen LogP contribution in [-0.2, 0) is 9.53 Å². The number of nitrogens with zero attached hydrogens (tertiary/aromatic N) is 2. The molecule has 4 rings (SSSR count). The number of carboxylic acids is 1. The van der Waals surface area contributed by atoms with E-state index in [-0.39, 0.29) is 37.0 Å². The van der Waals surface area contributed by atoms with Gasteiger partial charge in [0, 0.05) is 18.9 Å². The maximum atomic E-state index is 12.4. The molecule has 0 bridgehead atoms. The molecule has 1 heterocycles. The Kier molecular flexibility index (Phi) is 6.31. The quantitative estimate of drug-likeness (QED) is 0.400. The van der Waals surface area contributed by atoms with Crippen molar-refractivity contribution in [1.29, 1.82) is 0 Å². The Balaban J connectivity index is 1.36. The van der Waals surface area contributed by atoms with Crippen molar-refractivity contribution in [2.24, 2.45) is 0 Å². The standard InChI is InChI=1S/C22H20N4O7/c27-17(21(29)30)9-10-23-20(28)18-19(26-33-25-18)24-22(31)32-11-16-14-7-3-1-5-12(14)13-6-2-4-8-15(13)16/h1-8,16-17,27H,9-11H2,(H,23,28)(H,29,30)(H,24,26,31)/t17-/m0/s1. The van der Waals surface area contributed by atoms with Crippen molar-refractivity contribution in [3.8, 4) is 11.1 Å². The monoisotopic (exact) mass is 452 g/mol. The first-order valence-corrected chi connectivity index (χ1v) is 10.1. The number of anilines is 1. The van der Waals surface area contributed by atoms with E-state index in [0.717, 1.165) is 22.3 Å². The number of aliphatic hydroxyl groups excluding tert-OH is 1. The van der Waals surface area contributed by atoms with E-state index in [1.165, 1.54) is 0 Å². The molecule has 11 nitrogen and oxygen atoms in total. The number of fused-ring (bicyclic) bond motifs is 3. The molecular weight excluding hydrogens is 432 g/mol. The third kappa shape index (κ3) is 4.67. The van der Waals surface area contributed by atoms with Crippen molar-refractivity contribution >= 4 is 23.8 Å². The molecule has 2 aromatic carbocycles.